The fourth-order valence-electron chi connectivity index (χ4n) is 1.76. The van der Waals surface area contributed by atoms with Crippen LogP contribution >= 0.6 is 0 Å². The summed E-state index contributed by atoms with van der Waals surface area (Å²) in [6, 6.07) is 0. The second kappa shape index (κ2) is 8.25. The van der Waals surface area contributed by atoms with Crippen molar-refractivity contribution < 1.29 is 9.47 Å². The summed E-state index contributed by atoms with van der Waals surface area (Å²) in [5.41, 5.74) is 0. The molecule has 0 atom stereocenters. The Morgan fingerprint density at radius 1 is 0.929 bits per heavy atom. The average molecular weight is 200 g/mol. The van der Waals surface area contributed by atoms with Gasteiger partial charge in [-0.05, 0) is 25.7 Å². The summed E-state index contributed by atoms with van der Waals surface area (Å²) in [6.07, 6.45) is 10.1. The third-order valence-corrected chi connectivity index (χ3v) is 2.69. The van der Waals surface area contributed by atoms with Gasteiger partial charge in [-0.25, -0.2) is 0 Å². The summed E-state index contributed by atoms with van der Waals surface area (Å²) >= 11 is 0. The molecule has 84 valence electrons. The standard InChI is InChI=1S/C12H24O2/c1-2-3-4-5-6-9-12-13-10-7-8-11-14-12/h12H,2-11H2,1H3. The van der Waals surface area contributed by atoms with E-state index in [1.807, 2.05) is 0 Å². The van der Waals surface area contributed by atoms with Crippen molar-refractivity contribution in [1.29, 1.82) is 0 Å². The molecule has 0 bridgehead atoms. The SMILES string of the molecule is CCCCCCCC1OCCCCO1. The third-order valence-electron chi connectivity index (χ3n) is 2.69. The molecule has 1 heterocycles. The fourth-order valence-corrected chi connectivity index (χ4v) is 1.76. The Hall–Kier alpha value is -0.0800. The van der Waals surface area contributed by atoms with Crippen LogP contribution in [0.3, 0.4) is 0 Å². The van der Waals surface area contributed by atoms with Crippen LogP contribution in [-0.4, -0.2) is 19.5 Å². The molecular weight excluding hydrogens is 176 g/mol. The predicted octanol–water partition coefficient (Wildman–Crippen LogP) is 3.50. The molecule has 2 heteroatoms. The Balaban J connectivity index is 1.93. The summed E-state index contributed by atoms with van der Waals surface area (Å²) < 4.78 is 11.2. The molecule has 0 aromatic heterocycles. The van der Waals surface area contributed by atoms with Crippen molar-refractivity contribution in [1.82, 2.24) is 0 Å². The summed E-state index contributed by atoms with van der Waals surface area (Å²) in [5, 5.41) is 0. The van der Waals surface area contributed by atoms with Crippen molar-refractivity contribution in [2.24, 2.45) is 0 Å². The van der Waals surface area contributed by atoms with E-state index in [2.05, 4.69) is 6.92 Å². The fraction of sp³-hybridized carbons (Fsp3) is 1.00. The van der Waals surface area contributed by atoms with Crippen LogP contribution in [0.2, 0.25) is 0 Å². The van der Waals surface area contributed by atoms with Crippen LogP contribution < -0.4 is 0 Å². The molecule has 0 spiro atoms. The van der Waals surface area contributed by atoms with Gasteiger partial charge in [-0.2, -0.15) is 0 Å². The molecule has 1 aliphatic heterocycles. The Kier molecular flexibility index (Phi) is 7.06. The van der Waals surface area contributed by atoms with Crippen molar-refractivity contribution in [2.75, 3.05) is 13.2 Å². The minimum absolute atomic E-state index is 0.0964. The Labute approximate surface area is 88.0 Å². The lowest BCUT2D eigenvalue weighted by atomic mass is 10.1. The largest absolute Gasteiger partial charge is 0.353 e. The van der Waals surface area contributed by atoms with Crippen LogP contribution in [0.5, 0.6) is 0 Å². The lowest BCUT2D eigenvalue weighted by molar-refractivity contribution is -0.130. The highest BCUT2D eigenvalue weighted by molar-refractivity contribution is 4.52. The van der Waals surface area contributed by atoms with E-state index < -0.39 is 0 Å². The van der Waals surface area contributed by atoms with Gasteiger partial charge in [0.1, 0.15) is 0 Å². The highest BCUT2D eigenvalue weighted by Crippen LogP contribution is 2.13. The lowest BCUT2D eigenvalue weighted by Gasteiger charge is -2.14. The van der Waals surface area contributed by atoms with Crippen molar-refractivity contribution in [3.8, 4) is 0 Å². The molecule has 0 aliphatic carbocycles. The Morgan fingerprint density at radius 2 is 1.57 bits per heavy atom. The third kappa shape index (κ3) is 5.61. The van der Waals surface area contributed by atoms with Crippen LogP contribution in [0, 0.1) is 0 Å². The Bertz CT molecular complexity index is 117. The predicted molar refractivity (Wildman–Crippen MR) is 58.3 cm³/mol. The van der Waals surface area contributed by atoms with Crippen molar-refractivity contribution >= 4 is 0 Å². The molecule has 0 amide bonds. The zero-order valence-corrected chi connectivity index (χ0v) is 9.46. The molecule has 0 saturated carbocycles. The van der Waals surface area contributed by atoms with Gasteiger partial charge < -0.3 is 9.47 Å². The molecule has 0 unspecified atom stereocenters. The molecule has 14 heavy (non-hydrogen) atoms. The van der Waals surface area contributed by atoms with E-state index in [1.54, 1.807) is 0 Å². The summed E-state index contributed by atoms with van der Waals surface area (Å²) in [5.74, 6) is 0. The lowest BCUT2D eigenvalue weighted by Crippen LogP contribution is -2.15. The van der Waals surface area contributed by atoms with E-state index in [1.165, 1.54) is 32.1 Å². The van der Waals surface area contributed by atoms with Crippen LogP contribution in [0.25, 0.3) is 0 Å². The number of ether oxygens (including phenoxy) is 2. The average Bonchev–Trinajstić information content (AvgIpc) is 2.46. The van der Waals surface area contributed by atoms with Crippen LogP contribution in [-0.2, 0) is 9.47 Å². The highest BCUT2D eigenvalue weighted by atomic mass is 16.7. The maximum atomic E-state index is 5.59. The smallest absolute Gasteiger partial charge is 0.157 e. The molecule has 1 aliphatic rings. The van der Waals surface area contributed by atoms with Gasteiger partial charge in [0, 0.05) is 13.2 Å². The van der Waals surface area contributed by atoms with E-state index in [-0.39, 0.29) is 6.29 Å². The highest BCUT2D eigenvalue weighted by Gasteiger charge is 2.11. The van der Waals surface area contributed by atoms with Crippen molar-refractivity contribution in [2.45, 2.75) is 64.6 Å². The summed E-state index contributed by atoms with van der Waals surface area (Å²) in [6.45, 7) is 4.02. The van der Waals surface area contributed by atoms with Gasteiger partial charge in [0.2, 0.25) is 0 Å². The van der Waals surface area contributed by atoms with Crippen LogP contribution in [0.4, 0.5) is 0 Å². The van der Waals surface area contributed by atoms with Gasteiger partial charge in [0.05, 0.1) is 0 Å². The van der Waals surface area contributed by atoms with Gasteiger partial charge in [0.15, 0.2) is 6.29 Å². The summed E-state index contributed by atoms with van der Waals surface area (Å²) in [4.78, 5) is 0. The monoisotopic (exact) mass is 200 g/mol. The van der Waals surface area contributed by atoms with Crippen molar-refractivity contribution in [3.05, 3.63) is 0 Å². The van der Waals surface area contributed by atoms with Gasteiger partial charge >= 0.3 is 0 Å². The zero-order chi connectivity index (χ0) is 10.1. The second-order valence-electron chi connectivity index (χ2n) is 4.08. The number of unbranched alkanes of at least 4 members (excludes halogenated alkanes) is 4. The maximum Gasteiger partial charge on any atom is 0.157 e. The van der Waals surface area contributed by atoms with E-state index in [9.17, 15) is 0 Å². The molecule has 0 N–H and O–H groups in total. The van der Waals surface area contributed by atoms with Crippen molar-refractivity contribution in [3.63, 3.8) is 0 Å². The second-order valence-corrected chi connectivity index (χ2v) is 4.08. The minimum atomic E-state index is 0.0964. The van der Waals surface area contributed by atoms with Crippen LogP contribution in [0.1, 0.15) is 58.3 Å². The number of rotatable bonds is 6. The first kappa shape index (κ1) is 12.0. The van der Waals surface area contributed by atoms with Gasteiger partial charge in [0.25, 0.3) is 0 Å². The quantitative estimate of drug-likeness (QED) is 0.611. The molecule has 0 aromatic carbocycles. The molecule has 1 rings (SSSR count). The van der Waals surface area contributed by atoms with E-state index >= 15 is 0 Å². The van der Waals surface area contributed by atoms with E-state index in [0.29, 0.717) is 0 Å². The first-order valence-electron chi connectivity index (χ1n) is 6.16. The van der Waals surface area contributed by atoms with Gasteiger partial charge in [-0.3, -0.25) is 0 Å². The Morgan fingerprint density at radius 3 is 2.21 bits per heavy atom. The van der Waals surface area contributed by atoms with Gasteiger partial charge in [-0.15, -0.1) is 0 Å². The molecule has 1 saturated heterocycles. The number of hydrogen-bond donors (Lipinski definition) is 0. The molecule has 1 fully saturated rings. The first-order chi connectivity index (χ1) is 6.93. The minimum Gasteiger partial charge on any atom is -0.353 e. The topological polar surface area (TPSA) is 18.5 Å². The zero-order valence-electron chi connectivity index (χ0n) is 9.46. The maximum absolute atomic E-state index is 5.59. The van der Waals surface area contributed by atoms with Crippen LogP contribution in [0.15, 0.2) is 0 Å². The number of hydrogen-bond acceptors (Lipinski definition) is 2. The normalized spacial score (nSPS) is 19.5. The first-order valence-corrected chi connectivity index (χ1v) is 6.16. The summed E-state index contributed by atoms with van der Waals surface area (Å²) in [7, 11) is 0. The molecule has 2 nitrogen and oxygen atoms in total. The molecule has 0 aromatic rings. The van der Waals surface area contributed by atoms with Gasteiger partial charge in [-0.1, -0.05) is 32.6 Å². The van der Waals surface area contributed by atoms with E-state index in [0.717, 1.165) is 32.5 Å². The van der Waals surface area contributed by atoms with E-state index in [4.69, 9.17) is 9.47 Å². The molecule has 0 radical (unpaired) electrons. The molecular formula is C12H24O2.